The minimum Gasteiger partial charge on any atom is -0.334 e. The highest BCUT2D eigenvalue weighted by molar-refractivity contribution is 6.32. The van der Waals surface area contributed by atoms with Gasteiger partial charge in [0.2, 0.25) is 0 Å². The number of para-hydroxylation sites is 3. The van der Waals surface area contributed by atoms with Crippen LogP contribution in [0.2, 0.25) is 0 Å². The number of benzene rings is 12. The summed E-state index contributed by atoms with van der Waals surface area (Å²) in [7, 11) is 0. The second kappa shape index (κ2) is 14.8. The molecule has 3 heteroatoms. The van der Waals surface area contributed by atoms with E-state index in [0.717, 1.165) is 19.3 Å². The van der Waals surface area contributed by atoms with Gasteiger partial charge in [0.1, 0.15) is 0 Å². The fraction of sp³-hybridized carbons (Fsp3) is 0.195. The Hall–Kier alpha value is -8.66. The molecule has 3 nitrogen and oxygen atoms in total. The van der Waals surface area contributed by atoms with Crippen LogP contribution in [0.1, 0.15) is 77.5 Å². The molecule has 384 valence electrons. The zero-order valence-electron chi connectivity index (χ0n) is 46.3. The van der Waals surface area contributed by atoms with Crippen molar-refractivity contribution in [3.63, 3.8) is 0 Å². The predicted molar refractivity (Wildman–Crippen MR) is 336 cm³/mol. The van der Waals surface area contributed by atoms with E-state index >= 15 is 0 Å². The van der Waals surface area contributed by atoms with Gasteiger partial charge >= 0.3 is 0 Å². The molecule has 3 heterocycles. The predicted octanol–water partition coefficient (Wildman–Crippen LogP) is 20.1. The molecule has 6 atom stereocenters. The van der Waals surface area contributed by atoms with Gasteiger partial charge in [0.25, 0.3) is 0 Å². The van der Waals surface area contributed by atoms with Crippen LogP contribution in [-0.2, 0) is 16.2 Å². The molecule has 0 N–H and O–H groups in total. The number of nitrogens with zero attached hydrogens (tertiary/aromatic N) is 3. The number of hydrogen-bond donors (Lipinski definition) is 0. The van der Waals surface area contributed by atoms with Gasteiger partial charge in [0, 0.05) is 50.4 Å². The van der Waals surface area contributed by atoms with Gasteiger partial charge in [-0.3, -0.25) is 0 Å². The number of anilines is 6. The molecule has 12 aromatic rings. The standard InChI is InChI=1S/C77H61N3/c1-72-44-75(72,4)78(51-21-10-7-11-22-51)67-36-29-48(39-64(67)72)60-42-61(49-30-37-68-65(40-49)73(2)45-76(73,5)79(68)52-23-12-8-13-24-52)57-34-35-59-63(55-28-18-20-47-19-16-17-27-54(47)55)43-62(58-33-32-56(60)70(57)71(58)59)50-31-38-69-66(41-50)74(3)46-77(74,6)80(69)53-25-14-9-15-26-53/h7-43H,44-46H2,1-6H3. The van der Waals surface area contributed by atoms with E-state index in [1.165, 1.54) is 138 Å². The van der Waals surface area contributed by atoms with E-state index in [9.17, 15) is 0 Å². The van der Waals surface area contributed by atoms with Crippen molar-refractivity contribution >= 4 is 77.2 Å². The van der Waals surface area contributed by atoms with E-state index < -0.39 is 0 Å². The fourth-order valence-electron chi connectivity index (χ4n) is 17.3. The Balaban J connectivity index is 0.918. The van der Waals surface area contributed by atoms with Crippen molar-refractivity contribution in [2.24, 2.45) is 0 Å². The van der Waals surface area contributed by atoms with Gasteiger partial charge in [-0.25, -0.2) is 0 Å². The zero-order valence-corrected chi connectivity index (χ0v) is 46.3. The molecule has 6 unspecified atom stereocenters. The lowest BCUT2D eigenvalue weighted by Gasteiger charge is -2.29. The van der Waals surface area contributed by atoms with Gasteiger partial charge in [-0.15, -0.1) is 0 Å². The Bertz CT molecular complexity index is 4550. The first kappa shape index (κ1) is 45.2. The van der Waals surface area contributed by atoms with E-state index in [0.29, 0.717) is 0 Å². The van der Waals surface area contributed by atoms with Gasteiger partial charge in [0.05, 0.1) is 16.6 Å². The normalized spacial score (nSPS) is 26.2. The van der Waals surface area contributed by atoms with E-state index in [1.807, 2.05) is 0 Å². The van der Waals surface area contributed by atoms with E-state index in [4.69, 9.17) is 0 Å². The molecule has 3 fully saturated rings. The molecule has 18 rings (SSSR count). The summed E-state index contributed by atoms with van der Waals surface area (Å²) in [4.78, 5) is 7.90. The lowest BCUT2D eigenvalue weighted by atomic mass is 9.80. The van der Waals surface area contributed by atoms with Crippen molar-refractivity contribution < 1.29 is 0 Å². The third-order valence-electron chi connectivity index (χ3n) is 22.2. The molecule has 3 saturated carbocycles. The Morgan fingerprint density at radius 2 is 0.613 bits per heavy atom. The third-order valence-corrected chi connectivity index (χ3v) is 22.2. The average molecular weight is 1030 g/mol. The SMILES string of the molecule is CC12CC1(C)N(c1ccccc1)c1ccc(-c3cc(-c4ccc5c(c4)C4(C)CC4(C)N5c4ccccc4)c4ccc5c(-c6cccc7ccccc67)cc(-c6ccc7c(c6)C6(C)CC6(C)N7c6ccccc6)c6ccc3c4c65)cc12. The Kier molecular flexibility index (Phi) is 8.35. The van der Waals surface area contributed by atoms with Crippen molar-refractivity contribution in [2.75, 3.05) is 14.7 Å². The van der Waals surface area contributed by atoms with Crippen molar-refractivity contribution in [2.45, 2.75) is 93.7 Å². The summed E-state index contributed by atoms with van der Waals surface area (Å²) in [5, 5.41) is 10.4. The van der Waals surface area contributed by atoms with E-state index in [-0.39, 0.29) is 32.9 Å². The zero-order chi connectivity index (χ0) is 53.5. The van der Waals surface area contributed by atoms with Crippen LogP contribution in [-0.4, -0.2) is 16.6 Å². The van der Waals surface area contributed by atoms with E-state index in [1.54, 1.807) is 0 Å². The highest BCUT2D eigenvalue weighted by Crippen LogP contribution is 2.73. The molecule has 6 aliphatic rings. The minimum atomic E-state index is 0.0238. The number of fused-ring (bicyclic) bond motifs is 10. The van der Waals surface area contributed by atoms with Crippen LogP contribution in [0.3, 0.4) is 0 Å². The number of hydrogen-bond acceptors (Lipinski definition) is 3. The Labute approximate surface area is 468 Å². The second-order valence-electron chi connectivity index (χ2n) is 26.1. The van der Waals surface area contributed by atoms with Gasteiger partial charge in [-0.05, 0) is 229 Å². The minimum absolute atomic E-state index is 0.0238. The highest BCUT2D eigenvalue weighted by Gasteiger charge is 2.72. The molecule has 80 heavy (non-hydrogen) atoms. The van der Waals surface area contributed by atoms with Crippen LogP contribution in [0.25, 0.3) is 87.6 Å². The molecule has 0 spiro atoms. The summed E-state index contributed by atoms with van der Waals surface area (Å²) in [6, 6.07) is 86.4. The van der Waals surface area contributed by atoms with Crippen LogP contribution in [0.15, 0.2) is 224 Å². The van der Waals surface area contributed by atoms with Crippen LogP contribution < -0.4 is 14.7 Å². The summed E-state index contributed by atoms with van der Waals surface area (Å²) in [6.45, 7) is 14.9. The fourth-order valence-corrected chi connectivity index (χ4v) is 17.3. The summed E-state index contributed by atoms with van der Waals surface area (Å²) < 4.78 is 0. The Morgan fingerprint density at radius 3 is 1.01 bits per heavy atom. The monoisotopic (exact) mass is 1030 g/mol. The molecular formula is C77H61N3. The smallest absolute Gasteiger partial charge is 0.0528 e. The molecule has 0 bridgehead atoms. The molecular weight excluding hydrogens is 967 g/mol. The maximum absolute atomic E-state index is 2.63. The van der Waals surface area contributed by atoms with Crippen LogP contribution in [0.4, 0.5) is 34.1 Å². The van der Waals surface area contributed by atoms with Crippen LogP contribution in [0.5, 0.6) is 0 Å². The summed E-state index contributed by atoms with van der Waals surface area (Å²) >= 11 is 0. The third kappa shape index (κ3) is 5.42. The molecule has 0 amide bonds. The molecule has 0 radical (unpaired) electrons. The second-order valence-corrected chi connectivity index (χ2v) is 26.1. The van der Waals surface area contributed by atoms with E-state index in [2.05, 4.69) is 281 Å². The average Bonchev–Trinajstić information content (AvgIpc) is 4.45. The first-order valence-electron chi connectivity index (χ1n) is 29.1. The first-order chi connectivity index (χ1) is 38.9. The first-order valence-corrected chi connectivity index (χ1v) is 29.1. The lowest BCUT2D eigenvalue weighted by Crippen LogP contribution is -2.30. The highest BCUT2D eigenvalue weighted by atomic mass is 15.3. The van der Waals surface area contributed by atoms with Crippen molar-refractivity contribution in [3.8, 4) is 44.5 Å². The van der Waals surface area contributed by atoms with Crippen LogP contribution in [0, 0.1) is 0 Å². The van der Waals surface area contributed by atoms with Gasteiger partial charge in [0.15, 0.2) is 0 Å². The molecule has 0 aromatic heterocycles. The van der Waals surface area contributed by atoms with Gasteiger partial charge in [-0.1, -0.05) is 160 Å². The molecule has 3 aliphatic heterocycles. The van der Waals surface area contributed by atoms with Crippen LogP contribution >= 0.6 is 0 Å². The largest absolute Gasteiger partial charge is 0.334 e. The quantitative estimate of drug-likeness (QED) is 0.147. The summed E-state index contributed by atoms with van der Waals surface area (Å²) in [6.07, 6.45) is 3.40. The van der Waals surface area contributed by atoms with Gasteiger partial charge in [-0.2, -0.15) is 0 Å². The maximum atomic E-state index is 2.63. The topological polar surface area (TPSA) is 9.72 Å². The van der Waals surface area contributed by atoms with Crippen molar-refractivity contribution in [1.82, 2.24) is 0 Å². The Morgan fingerprint density at radius 1 is 0.275 bits per heavy atom. The number of rotatable bonds is 7. The molecule has 12 aromatic carbocycles. The summed E-state index contributed by atoms with van der Waals surface area (Å²) in [5.41, 5.74) is 22.6. The van der Waals surface area contributed by atoms with Crippen molar-refractivity contribution in [3.05, 3.63) is 241 Å². The molecule has 0 saturated heterocycles. The molecule has 3 aliphatic carbocycles. The maximum Gasteiger partial charge on any atom is 0.0528 e. The summed E-state index contributed by atoms with van der Waals surface area (Å²) in [5.74, 6) is 0. The van der Waals surface area contributed by atoms with Crippen molar-refractivity contribution in [1.29, 1.82) is 0 Å². The lowest BCUT2D eigenvalue weighted by molar-refractivity contribution is 0.639. The van der Waals surface area contributed by atoms with Gasteiger partial charge < -0.3 is 14.7 Å².